The molecule has 2 aromatic rings. The van der Waals surface area contributed by atoms with Crippen molar-refractivity contribution in [1.82, 2.24) is 9.88 Å². The second-order valence-electron chi connectivity index (χ2n) is 4.99. The van der Waals surface area contributed by atoms with E-state index in [0.717, 1.165) is 30.1 Å². The van der Waals surface area contributed by atoms with Gasteiger partial charge in [-0.15, -0.1) is 0 Å². The fourth-order valence-corrected chi connectivity index (χ4v) is 2.25. The van der Waals surface area contributed by atoms with E-state index in [1.54, 1.807) is 20.4 Å². The van der Waals surface area contributed by atoms with Crippen molar-refractivity contribution in [3.63, 3.8) is 0 Å². The molecule has 2 rings (SSSR count). The minimum Gasteiger partial charge on any atom is -0.497 e. The van der Waals surface area contributed by atoms with Crippen LogP contribution in [0.25, 0.3) is 0 Å². The summed E-state index contributed by atoms with van der Waals surface area (Å²) in [6.07, 6.45) is 2.63. The van der Waals surface area contributed by atoms with E-state index < -0.39 is 0 Å². The zero-order valence-electron chi connectivity index (χ0n) is 13.6. The average Bonchev–Trinajstić information content (AvgIpc) is 2.60. The third-order valence-electron chi connectivity index (χ3n) is 3.42. The molecular formula is C17H21N3O2S. The van der Waals surface area contributed by atoms with Gasteiger partial charge >= 0.3 is 0 Å². The first-order chi connectivity index (χ1) is 11.1. The number of anilines is 1. The molecule has 0 aliphatic rings. The largest absolute Gasteiger partial charge is 0.497 e. The number of aromatic nitrogens is 1. The number of ether oxygens (including phenoxy) is 2. The minimum absolute atomic E-state index is 0.618. The van der Waals surface area contributed by atoms with Crippen LogP contribution in [0.2, 0.25) is 0 Å². The van der Waals surface area contributed by atoms with Gasteiger partial charge in [0.1, 0.15) is 11.5 Å². The number of hydrogen-bond donors (Lipinski definition) is 1. The molecule has 1 aromatic heterocycles. The summed E-state index contributed by atoms with van der Waals surface area (Å²) in [5.74, 6) is 1.46. The molecule has 1 aromatic carbocycles. The van der Waals surface area contributed by atoms with Crippen LogP contribution in [0.1, 0.15) is 5.69 Å². The Hall–Kier alpha value is -2.34. The van der Waals surface area contributed by atoms with E-state index >= 15 is 0 Å². The van der Waals surface area contributed by atoms with Gasteiger partial charge in [-0.3, -0.25) is 4.98 Å². The SMILES string of the molecule is COc1ccc(OC)c(NC(=S)N(C)CCc2ccccn2)c1. The smallest absolute Gasteiger partial charge is 0.173 e. The highest BCUT2D eigenvalue weighted by molar-refractivity contribution is 7.80. The Morgan fingerprint density at radius 3 is 2.70 bits per heavy atom. The summed E-state index contributed by atoms with van der Waals surface area (Å²) in [4.78, 5) is 6.29. The van der Waals surface area contributed by atoms with Crippen LogP contribution in [0.15, 0.2) is 42.6 Å². The lowest BCUT2D eigenvalue weighted by Gasteiger charge is -2.22. The van der Waals surface area contributed by atoms with Crippen molar-refractivity contribution < 1.29 is 9.47 Å². The second kappa shape index (κ2) is 8.33. The van der Waals surface area contributed by atoms with Crippen LogP contribution >= 0.6 is 12.2 Å². The normalized spacial score (nSPS) is 10.0. The molecule has 0 amide bonds. The highest BCUT2D eigenvalue weighted by Gasteiger charge is 2.10. The molecule has 0 aliphatic heterocycles. The number of likely N-dealkylation sites (N-methyl/N-ethyl adjacent to an activating group) is 1. The van der Waals surface area contributed by atoms with Gasteiger partial charge in [-0.2, -0.15) is 0 Å². The number of benzene rings is 1. The number of hydrogen-bond acceptors (Lipinski definition) is 4. The average molecular weight is 331 g/mol. The predicted molar refractivity (Wildman–Crippen MR) is 96.3 cm³/mol. The third kappa shape index (κ3) is 4.82. The molecule has 122 valence electrons. The van der Waals surface area contributed by atoms with Crippen LogP contribution < -0.4 is 14.8 Å². The van der Waals surface area contributed by atoms with Crippen molar-refractivity contribution in [1.29, 1.82) is 0 Å². The van der Waals surface area contributed by atoms with Gasteiger partial charge in [0.25, 0.3) is 0 Å². The lowest BCUT2D eigenvalue weighted by Crippen LogP contribution is -2.33. The van der Waals surface area contributed by atoms with E-state index in [1.807, 2.05) is 48.3 Å². The number of nitrogens with zero attached hydrogens (tertiary/aromatic N) is 2. The standard InChI is InChI=1S/C17H21N3O2S/c1-20(11-9-13-6-4-5-10-18-13)17(23)19-15-12-14(21-2)7-8-16(15)22-3/h4-8,10,12H,9,11H2,1-3H3,(H,19,23). The molecule has 0 bridgehead atoms. The maximum atomic E-state index is 5.46. The van der Waals surface area contributed by atoms with Crippen molar-refractivity contribution in [2.45, 2.75) is 6.42 Å². The highest BCUT2D eigenvalue weighted by atomic mass is 32.1. The summed E-state index contributed by atoms with van der Waals surface area (Å²) in [7, 11) is 5.20. The van der Waals surface area contributed by atoms with Gasteiger partial charge in [-0.1, -0.05) is 6.07 Å². The molecule has 6 heteroatoms. The van der Waals surface area contributed by atoms with Crippen molar-refractivity contribution >= 4 is 23.0 Å². The van der Waals surface area contributed by atoms with Crippen LogP contribution in [0.3, 0.4) is 0 Å². The maximum absolute atomic E-state index is 5.46. The van der Waals surface area contributed by atoms with E-state index in [4.69, 9.17) is 21.7 Å². The molecule has 1 N–H and O–H groups in total. The Morgan fingerprint density at radius 1 is 1.22 bits per heavy atom. The monoisotopic (exact) mass is 331 g/mol. The van der Waals surface area contributed by atoms with Crippen LogP contribution in [0.5, 0.6) is 11.5 Å². The van der Waals surface area contributed by atoms with Crippen molar-refractivity contribution in [2.75, 3.05) is 33.1 Å². The number of methoxy groups -OCH3 is 2. The Balaban J connectivity index is 1.98. The quantitative estimate of drug-likeness (QED) is 0.821. The molecule has 23 heavy (non-hydrogen) atoms. The number of thiocarbonyl (C=S) groups is 1. The summed E-state index contributed by atoms with van der Waals surface area (Å²) < 4.78 is 10.6. The van der Waals surface area contributed by atoms with Gasteiger partial charge in [-0.05, 0) is 36.5 Å². The Bertz CT molecular complexity index is 650. The van der Waals surface area contributed by atoms with E-state index in [1.165, 1.54) is 0 Å². The fraction of sp³-hybridized carbons (Fsp3) is 0.294. The van der Waals surface area contributed by atoms with Crippen LogP contribution in [-0.4, -0.2) is 42.8 Å². The zero-order chi connectivity index (χ0) is 16.7. The van der Waals surface area contributed by atoms with E-state index in [2.05, 4.69) is 10.3 Å². The van der Waals surface area contributed by atoms with E-state index in [0.29, 0.717) is 10.9 Å². The lowest BCUT2D eigenvalue weighted by molar-refractivity contribution is 0.404. The summed E-state index contributed by atoms with van der Waals surface area (Å²) in [6.45, 7) is 0.773. The summed E-state index contributed by atoms with van der Waals surface area (Å²) in [5, 5.41) is 3.82. The number of rotatable bonds is 6. The maximum Gasteiger partial charge on any atom is 0.173 e. The topological polar surface area (TPSA) is 46.6 Å². The number of pyridine rings is 1. The van der Waals surface area contributed by atoms with Gasteiger partial charge in [0.15, 0.2) is 5.11 Å². The van der Waals surface area contributed by atoms with Crippen molar-refractivity contribution in [3.8, 4) is 11.5 Å². The Morgan fingerprint density at radius 2 is 2.04 bits per heavy atom. The van der Waals surface area contributed by atoms with Gasteiger partial charge in [0.05, 0.1) is 19.9 Å². The molecular weight excluding hydrogens is 310 g/mol. The molecule has 0 radical (unpaired) electrons. The number of nitrogens with one attached hydrogen (secondary N) is 1. The minimum atomic E-state index is 0.618. The fourth-order valence-electron chi connectivity index (χ4n) is 2.05. The van der Waals surface area contributed by atoms with E-state index in [9.17, 15) is 0 Å². The second-order valence-corrected chi connectivity index (χ2v) is 5.38. The Labute approximate surface area is 142 Å². The third-order valence-corrected chi connectivity index (χ3v) is 3.84. The molecule has 0 atom stereocenters. The lowest BCUT2D eigenvalue weighted by atomic mass is 10.2. The van der Waals surface area contributed by atoms with Crippen molar-refractivity contribution in [3.05, 3.63) is 48.3 Å². The van der Waals surface area contributed by atoms with Gasteiger partial charge in [0, 0.05) is 38.0 Å². The van der Waals surface area contributed by atoms with Gasteiger partial charge in [-0.25, -0.2) is 0 Å². The first kappa shape index (κ1) is 17.0. The molecule has 0 unspecified atom stereocenters. The molecule has 1 heterocycles. The first-order valence-electron chi connectivity index (χ1n) is 7.28. The van der Waals surface area contributed by atoms with Crippen LogP contribution in [0, 0.1) is 0 Å². The first-order valence-corrected chi connectivity index (χ1v) is 7.69. The molecule has 5 nitrogen and oxygen atoms in total. The highest BCUT2D eigenvalue weighted by Crippen LogP contribution is 2.29. The molecule has 0 fully saturated rings. The van der Waals surface area contributed by atoms with Crippen LogP contribution in [-0.2, 0) is 6.42 Å². The summed E-state index contributed by atoms with van der Waals surface area (Å²) in [5.41, 5.74) is 1.82. The van der Waals surface area contributed by atoms with Crippen LogP contribution in [0.4, 0.5) is 5.69 Å². The summed E-state index contributed by atoms with van der Waals surface area (Å²) in [6, 6.07) is 11.5. The predicted octanol–water partition coefficient (Wildman–Crippen LogP) is 2.97. The zero-order valence-corrected chi connectivity index (χ0v) is 14.4. The Kier molecular flexibility index (Phi) is 6.17. The van der Waals surface area contributed by atoms with Gasteiger partial charge in [0.2, 0.25) is 0 Å². The molecule has 0 saturated carbocycles. The van der Waals surface area contributed by atoms with Gasteiger partial charge < -0.3 is 19.7 Å². The molecule has 0 saturated heterocycles. The summed E-state index contributed by atoms with van der Waals surface area (Å²) >= 11 is 5.46. The van der Waals surface area contributed by atoms with E-state index in [-0.39, 0.29) is 0 Å². The van der Waals surface area contributed by atoms with Crippen molar-refractivity contribution in [2.24, 2.45) is 0 Å². The molecule has 0 spiro atoms. The molecule has 0 aliphatic carbocycles.